The maximum Gasteiger partial charge on any atom is 0.408 e. The molecule has 6 N–H and O–H groups in total. The van der Waals surface area contributed by atoms with Crippen LogP contribution < -0.4 is 22.1 Å². The average Bonchev–Trinajstić information content (AvgIpc) is 3.24. The van der Waals surface area contributed by atoms with Crippen molar-refractivity contribution in [2.75, 3.05) is 25.5 Å². The van der Waals surface area contributed by atoms with E-state index in [9.17, 15) is 29.4 Å². The summed E-state index contributed by atoms with van der Waals surface area (Å²) in [5, 5.41) is 24.4. The molecule has 43 heavy (non-hydrogen) atoms. The normalized spacial score (nSPS) is 19.0. The molecule has 1 aromatic heterocycles. The van der Waals surface area contributed by atoms with Gasteiger partial charge in [-0.2, -0.15) is 4.98 Å². The molecule has 0 spiro atoms. The van der Waals surface area contributed by atoms with Gasteiger partial charge in [-0.1, -0.05) is 11.8 Å². The van der Waals surface area contributed by atoms with E-state index in [2.05, 4.69) is 27.5 Å². The number of unbranched alkanes of at least 4 members (excludes halogenated alkanes) is 1. The van der Waals surface area contributed by atoms with Crippen molar-refractivity contribution < 1.29 is 43.5 Å². The SMILES string of the molecule is CC(C)(C)OC(=O)NCCCCC(NC(=O)OC(C)(C)C)C(=O)OCC#Cc1cn([C@H]2C[C@H](O)[C@@H](CO)O2)c(=O)nc1N. The van der Waals surface area contributed by atoms with E-state index in [0.717, 1.165) is 4.57 Å². The number of esters is 1. The van der Waals surface area contributed by atoms with Crippen LogP contribution in [0.4, 0.5) is 15.4 Å². The number of rotatable bonds is 10. The molecule has 4 atom stereocenters. The van der Waals surface area contributed by atoms with Gasteiger partial charge < -0.3 is 45.5 Å². The van der Waals surface area contributed by atoms with Gasteiger partial charge in [-0.05, 0) is 60.8 Å². The molecule has 0 radical (unpaired) electrons. The van der Waals surface area contributed by atoms with Gasteiger partial charge in [0.1, 0.15) is 35.4 Å². The molecule has 2 rings (SSSR count). The van der Waals surface area contributed by atoms with Crippen molar-refractivity contribution in [2.24, 2.45) is 0 Å². The number of carbonyl (C=O) groups is 3. The molecule has 1 fully saturated rings. The highest BCUT2D eigenvalue weighted by Gasteiger charge is 2.35. The molecule has 240 valence electrons. The molecule has 1 aromatic rings. The van der Waals surface area contributed by atoms with Crippen molar-refractivity contribution in [3.8, 4) is 11.8 Å². The molecule has 1 aliphatic rings. The molecule has 2 amide bonds. The highest BCUT2D eigenvalue weighted by molar-refractivity contribution is 5.81. The van der Waals surface area contributed by atoms with Crippen molar-refractivity contribution in [3.63, 3.8) is 0 Å². The summed E-state index contributed by atoms with van der Waals surface area (Å²) in [6.45, 7) is 9.85. The number of nitrogen functional groups attached to an aromatic ring is 1. The summed E-state index contributed by atoms with van der Waals surface area (Å²) in [5.41, 5.74) is 3.86. The fraction of sp³-hybridized carbons (Fsp3) is 0.679. The lowest BCUT2D eigenvalue weighted by atomic mass is 10.1. The fourth-order valence-electron chi connectivity index (χ4n) is 3.85. The second-order valence-electron chi connectivity index (χ2n) is 11.9. The highest BCUT2D eigenvalue weighted by atomic mass is 16.6. The lowest BCUT2D eigenvalue weighted by molar-refractivity contribution is -0.144. The zero-order valence-electron chi connectivity index (χ0n) is 25.5. The quantitative estimate of drug-likeness (QED) is 0.109. The van der Waals surface area contributed by atoms with E-state index in [1.165, 1.54) is 6.20 Å². The molecule has 1 aliphatic heterocycles. The van der Waals surface area contributed by atoms with Crippen molar-refractivity contribution in [2.45, 2.75) is 103 Å². The molecule has 2 heterocycles. The van der Waals surface area contributed by atoms with Crippen molar-refractivity contribution in [3.05, 3.63) is 22.2 Å². The van der Waals surface area contributed by atoms with E-state index in [0.29, 0.717) is 19.4 Å². The smallest absolute Gasteiger partial charge is 0.408 e. The monoisotopic (exact) mass is 609 g/mol. The number of aliphatic hydroxyl groups is 2. The predicted octanol–water partition coefficient (Wildman–Crippen LogP) is 0.949. The van der Waals surface area contributed by atoms with E-state index in [1.54, 1.807) is 41.5 Å². The van der Waals surface area contributed by atoms with Crippen LogP contribution >= 0.6 is 0 Å². The van der Waals surface area contributed by atoms with Gasteiger partial charge in [0.25, 0.3) is 0 Å². The Bertz CT molecular complexity index is 1240. The van der Waals surface area contributed by atoms with Gasteiger partial charge in [0, 0.05) is 19.2 Å². The standard InChI is InChI=1S/C28H43N5O10/c1-27(2,3)42-25(38)30-12-8-7-11-18(31-26(39)43-28(4,5)6)23(36)40-13-9-10-17-15-33(24(37)32-22(17)29)21-14-19(35)20(16-34)41-21/h15,18-21,34-35H,7-8,11-14,16H2,1-6H3,(H,30,38)(H,31,39)(H2,29,32,37)/t18?,19-,20+,21+/m0/s1. The van der Waals surface area contributed by atoms with E-state index in [1.807, 2.05) is 0 Å². The molecule has 0 aliphatic carbocycles. The van der Waals surface area contributed by atoms with Crippen molar-refractivity contribution in [1.29, 1.82) is 0 Å². The number of nitrogens with two attached hydrogens (primary N) is 1. The number of anilines is 1. The molecule has 1 unspecified atom stereocenters. The molecular weight excluding hydrogens is 566 g/mol. The number of nitrogens with one attached hydrogen (secondary N) is 2. The third kappa shape index (κ3) is 12.5. The first-order valence-electron chi connectivity index (χ1n) is 13.9. The van der Waals surface area contributed by atoms with Gasteiger partial charge in [-0.25, -0.2) is 19.2 Å². The second-order valence-corrected chi connectivity index (χ2v) is 11.9. The number of carbonyl (C=O) groups excluding carboxylic acids is 3. The number of ether oxygens (including phenoxy) is 4. The maximum atomic E-state index is 12.8. The van der Waals surface area contributed by atoms with Gasteiger partial charge in [0.05, 0.1) is 18.3 Å². The minimum Gasteiger partial charge on any atom is -0.451 e. The Kier molecular flexibility index (Phi) is 12.8. The minimum absolute atomic E-state index is 0.0598. The summed E-state index contributed by atoms with van der Waals surface area (Å²) in [7, 11) is 0. The summed E-state index contributed by atoms with van der Waals surface area (Å²) >= 11 is 0. The number of hydrogen-bond acceptors (Lipinski definition) is 12. The highest BCUT2D eigenvalue weighted by Crippen LogP contribution is 2.27. The van der Waals surface area contributed by atoms with Crippen LogP contribution in [0.25, 0.3) is 0 Å². The topological polar surface area (TPSA) is 214 Å². The molecule has 1 saturated heterocycles. The number of nitrogens with zero attached hydrogens (tertiary/aromatic N) is 2. The van der Waals surface area contributed by atoms with Crippen LogP contribution in [0.1, 0.15) is 79.0 Å². The van der Waals surface area contributed by atoms with Gasteiger partial charge in [0.15, 0.2) is 6.61 Å². The molecule has 0 aromatic carbocycles. The summed E-state index contributed by atoms with van der Waals surface area (Å²) in [6, 6.07) is -1.04. The molecule has 15 nitrogen and oxygen atoms in total. The van der Waals surface area contributed by atoms with Crippen LogP contribution in [0.3, 0.4) is 0 Å². The first-order chi connectivity index (χ1) is 20.0. The first-order valence-corrected chi connectivity index (χ1v) is 13.9. The Labute approximate surface area is 250 Å². The summed E-state index contributed by atoms with van der Waals surface area (Å²) in [4.78, 5) is 53.0. The fourth-order valence-corrected chi connectivity index (χ4v) is 3.85. The van der Waals surface area contributed by atoms with E-state index in [4.69, 9.17) is 24.7 Å². The van der Waals surface area contributed by atoms with Crippen LogP contribution in [0.5, 0.6) is 0 Å². The summed E-state index contributed by atoms with van der Waals surface area (Å²) < 4.78 is 22.3. The molecule has 15 heteroatoms. The summed E-state index contributed by atoms with van der Waals surface area (Å²) in [6.07, 6.45) is -1.49. The van der Waals surface area contributed by atoms with Crippen LogP contribution in [0, 0.1) is 11.8 Å². The zero-order chi connectivity index (χ0) is 32.4. The molecular formula is C28H43N5O10. The number of aliphatic hydroxyl groups excluding tert-OH is 2. The molecule has 0 saturated carbocycles. The predicted molar refractivity (Wildman–Crippen MR) is 154 cm³/mol. The Morgan fingerprint density at radius 1 is 1.16 bits per heavy atom. The Morgan fingerprint density at radius 3 is 2.42 bits per heavy atom. The van der Waals surface area contributed by atoms with E-state index < -0.39 is 66.1 Å². The Morgan fingerprint density at radius 2 is 1.81 bits per heavy atom. The van der Waals surface area contributed by atoms with Gasteiger partial charge in [0.2, 0.25) is 0 Å². The van der Waals surface area contributed by atoms with E-state index in [-0.39, 0.29) is 30.8 Å². The third-order valence-electron chi connectivity index (χ3n) is 5.75. The van der Waals surface area contributed by atoms with Crippen LogP contribution in [0.15, 0.2) is 11.0 Å². The first kappa shape index (κ1) is 35.3. The number of amides is 2. The number of aromatic nitrogens is 2. The van der Waals surface area contributed by atoms with E-state index >= 15 is 0 Å². The van der Waals surface area contributed by atoms with Crippen LogP contribution in [-0.2, 0) is 23.7 Å². The molecule has 0 bridgehead atoms. The van der Waals surface area contributed by atoms with Crippen molar-refractivity contribution in [1.82, 2.24) is 20.2 Å². The van der Waals surface area contributed by atoms with Crippen molar-refractivity contribution >= 4 is 24.0 Å². The van der Waals surface area contributed by atoms with Crippen LogP contribution in [-0.4, -0.2) is 87.1 Å². The maximum absolute atomic E-state index is 12.8. The third-order valence-corrected chi connectivity index (χ3v) is 5.75. The Hall–Kier alpha value is -3.87. The van der Waals surface area contributed by atoms with Gasteiger partial charge in [-0.3, -0.25) is 4.57 Å². The zero-order valence-corrected chi connectivity index (χ0v) is 25.5. The Balaban J connectivity index is 2.00. The minimum atomic E-state index is -1.04. The summed E-state index contributed by atoms with van der Waals surface area (Å²) in [5.74, 6) is 4.42. The largest absolute Gasteiger partial charge is 0.451 e. The lowest BCUT2D eigenvalue weighted by Gasteiger charge is -2.23. The van der Waals surface area contributed by atoms with Crippen LogP contribution in [0.2, 0.25) is 0 Å². The van der Waals surface area contributed by atoms with Gasteiger partial charge >= 0.3 is 23.8 Å². The lowest BCUT2D eigenvalue weighted by Crippen LogP contribution is -2.44. The van der Waals surface area contributed by atoms with Gasteiger partial charge in [-0.15, -0.1) is 0 Å². The second kappa shape index (κ2) is 15.6. The number of alkyl carbamates (subject to hydrolysis) is 2. The average molecular weight is 610 g/mol. The number of hydrogen-bond donors (Lipinski definition) is 5.